The Morgan fingerprint density at radius 3 is 2.48 bits per heavy atom. The molecule has 168 valence electrons. The zero-order valence-corrected chi connectivity index (χ0v) is 18.7. The lowest BCUT2D eigenvalue weighted by atomic mass is 10.0. The van der Waals surface area contributed by atoms with E-state index in [1.165, 1.54) is 6.20 Å². The molecule has 4 rings (SSSR count). The van der Waals surface area contributed by atoms with E-state index in [9.17, 15) is 9.59 Å². The molecule has 0 aliphatic rings. The summed E-state index contributed by atoms with van der Waals surface area (Å²) in [6.45, 7) is 4.31. The zero-order chi connectivity index (χ0) is 23.4. The number of carbonyl (C=O) groups is 2. The van der Waals surface area contributed by atoms with Gasteiger partial charge in [-0.1, -0.05) is 61.5 Å². The van der Waals surface area contributed by atoms with Crippen LogP contribution in [-0.4, -0.2) is 34.2 Å². The summed E-state index contributed by atoms with van der Waals surface area (Å²) in [5, 5.41) is 13.7. The van der Waals surface area contributed by atoms with Gasteiger partial charge in [-0.15, -0.1) is 0 Å². The first-order valence-corrected chi connectivity index (χ1v) is 10.6. The van der Waals surface area contributed by atoms with Gasteiger partial charge in [-0.2, -0.15) is 5.10 Å². The van der Waals surface area contributed by atoms with Crippen LogP contribution in [0.1, 0.15) is 51.9 Å². The average molecular weight is 444 g/mol. The van der Waals surface area contributed by atoms with Crippen molar-refractivity contribution in [3.63, 3.8) is 0 Å². The van der Waals surface area contributed by atoms with Gasteiger partial charge in [0.25, 0.3) is 11.8 Å². The number of aromatic amines is 1. The molecule has 0 fully saturated rings. The number of amides is 2. The number of anilines is 1. The lowest BCUT2D eigenvalue weighted by molar-refractivity contribution is 0.0913. The first-order chi connectivity index (χ1) is 15.9. The van der Waals surface area contributed by atoms with Gasteiger partial charge in [0.1, 0.15) is 0 Å². The maximum absolute atomic E-state index is 13.0. The molecule has 0 saturated carbocycles. The Balaban J connectivity index is 1.43. The molecule has 0 radical (unpaired) electrons. The molecular formula is C25H25N5O3. The molecule has 8 nitrogen and oxygen atoms in total. The summed E-state index contributed by atoms with van der Waals surface area (Å²) in [4.78, 5) is 26.9. The molecule has 0 bridgehead atoms. The summed E-state index contributed by atoms with van der Waals surface area (Å²) in [5.74, 6) is -0.0916. The Kier molecular flexibility index (Phi) is 6.35. The van der Waals surface area contributed by atoms with E-state index in [1.54, 1.807) is 18.0 Å². The van der Waals surface area contributed by atoms with Crippen molar-refractivity contribution in [1.82, 2.24) is 20.7 Å². The molecule has 0 atom stereocenters. The number of nitrogens with one attached hydrogen (secondary N) is 2. The molecule has 0 unspecified atom stereocenters. The Morgan fingerprint density at radius 1 is 1.09 bits per heavy atom. The molecule has 33 heavy (non-hydrogen) atoms. The third kappa shape index (κ3) is 4.85. The summed E-state index contributed by atoms with van der Waals surface area (Å²) in [6.07, 6.45) is 1.54. The summed E-state index contributed by atoms with van der Waals surface area (Å²) >= 11 is 0. The number of aromatic nitrogens is 3. The predicted molar refractivity (Wildman–Crippen MR) is 125 cm³/mol. The highest BCUT2D eigenvalue weighted by Gasteiger charge is 2.20. The van der Waals surface area contributed by atoms with Gasteiger partial charge in [0, 0.05) is 30.9 Å². The van der Waals surface area contributed by atoms with Crippen LogP contribution in [0.25, 0.3) is 11.3 Å². The molecule has 2 aromatic heterocycles. The summed E-state index contributed by atoms with van der Waals surface area (Å²) in [6, 6.07) is 18.7. The molecular weight excluding hydrogens is 418 g/mol. The Morgan fingerprint density at radius 2 is 1.82 bits per heavy atom. The fourth-order valence-electron chi connectivity index (χ4n) is 3.34. The van der Waals surface area contributed by atoms with Crippen LogP contribution in [0, 0.1) is 0 Å². The minimum atomic E-state index is -0.316. The van der Waals surface area contributed by atoms with Crippen LogP contribution in [-0.2, 0) is 6.54 Å². The molecule has 4 aromatic rings. The van der Waals surface area contributed by atoms with E-state index in [-0.39, 0.29) is 23.5 Å². The number of hydrogen-bond donors (Lipinski definition) is 2. The van der Waals surface area contributed by atoms with Crippen LogP contribution in [0.3, 0.4) is 0 Å². The van der Waals surface area contributed by atoms with E-state index < -0.39 is 0 Å². The van der Waals surface area contributed by atoms with E-state index in [4.69, 9.17) is 4.52 Å². The Labute approximate surface area is 191 Å². The first-order valence-electron chi connectivity index (χ1n) is 10.6. The van der Waals surface area contributed by atoms with E-state index in [0.29, 0.717) is 17.8 Å². The fraction of sp³-hybridized carbons (Fsp3) is 0.200. The molecule has 0 spiro atoms. The van der Waals surface area contributed by atoms with Crippen LogP contribution in [0.2, 0.25) is 0 Å². The maximum atomic E-state index is 13.0. The molecule has 2 heterocycles. The minimum Gasteiger partial charge on any atom is -0.351 e. The highest BCUT2D eigenvalue weighted by Crippen LogP contribution is 2.24. The van der Waals surface area contributed by atoms with Crippen LogP contribution in [0.5, 0.6) is 0 Å². The van der Waals surface area contributed by atoms with Crippen LogP contribution < -0.4 is 10.2 Å². The SMILES string of the molecule is CC(C)c1cc(C(=O)NCc2ccc(-c3[nH]ncc3C(=O)N(C)c3ccccc3)cc2)on1. The second-order valence-electron chi connectivity index (χ2n) is 8.01. The number of para-hydroxylation sites is 1. The maximum Gasteiger partial charge on any atom is 0.290 e. The van der Waals surface area contributed by atoms with Gasteiger partial charge in [0.05, 0.1) is 23.1 Å². The van der Waals surface area contributed by atoms with Gasteiger partial charge in [-0.05, 0) is 23.6 Å². The third-order valence-corrected chi connectivity index (χ3v) is 5.36. The van der Waals surface area contributed by atoms with Crippen molar-refractivity contribution < 1.29 is 14.1 Å². The molecule has 2 aromatic carbocycles. The van der Waals surface area contributed by atoms with E-state index in [1.807, 2.05) is 68.4 Å². The van der Waals surface area contributed by atoms with Crippen molar-refractivity contribution in [1.29, 1.82) is 0 Å². The number of benzene rings is 2. The molecule has 0 aliphatic heterocycles. The topological polar surface area (TPSA) is 104 Å². The average Bonchev–Trinajstić information content (AvgIpc) is 3.53. The largest absolute Gasteiger partial charge is 0.351 e. The molecule has 2 N–H and O–H groups in total. The molecule has 0 aliphatic carbocycles. The number of hydrogen-bond acceptors (Lipinski definition) is 5. The third-order valence-electron chi connectivity index (χ3n) is 5.36. The Hall–Kier alpha value is -4.20. The summed E-state index contributed by atoms with van der Waals surface area (Å²) < 4.78 is 5.12. The lowest BCUT2D eigenvalue weighted by Crippen LogP contribution is -2.26. The van der Waals surface area contributed by atoms with Gasteiger partial charge in [-0.3, -0.25) is 14.7 Å². The predicted octanol–water partition coefficient (Wildman–Crippen LogP) is 4.39. The monoisotopic (exact) mass is 443 g/mol. The van der Waals surface area contributed by atoms with Crippen molar-refractivity contribution in [3.8, 4) is 11.3 Å². The van der Waals surface area contributed by atoms with Crippen molar-refractivity contribution in [3.05, 3.63) is 89.4 Å². The van der Waals surface area contributed by atoms with E-state index in [0.717, 1.165) is 22.5 Å². The van der Waals surface area contributed by atoms with Crippen molar-refractivity contribution in [2.45, 2.75) is 26.3 Å². The highest BCUT2D eigenvalue weighted by molar-refractivity contribution is 6.09. The zero-order valence-electron chi connectivity index (χ0n) is 18.7. The van der Waals surface area contributed by atoms with Gasteiger partial charge >= 0.3 is 0 Å². The number of H-pyrrole nitrogens is 1. The number of nitrogens with zero attached hydrogens (tertiary/aromatic N) is 3. The number of rotatable bonds is 7. The summed E-state index contributed by atoms with van der Waals surface area (Å²) in [5.41, 5.74) is 4.39. The van der Waals surface area contributed by atoms with Gasteiger partial charge in [-0.25, -0.2) is 0 Å². The van der Waals surface area contributed by atoms with E-state index >= 15 is 0 Å². The molecule has 2 amide bonds. The fourth-order valence-corrected chi connectivity index (χ4v) is 3.34. The van der Waals surface area contributed by atoms with Crippen LogP contribution in [0.4, 0.5) is 5.69 Å². The second kappa shape index (κ2) is 9.52. The van der Waals surface area contributed by atoms with Gasteiger partial charge < -0.3 is 14.7 Å². The van der Waals surface area contributed by atoms with Crippen molar-refractivity contribution in [2.24, 2.45) is 0 Å². The van der Waals surface area contributed by atoms with Crippen molar-refractivity contribution in [2.75, 3.05) is 11.9 Å². The van der Waals surface area contributed by atoms with Crippen LogP contribution >= 0.6 is 0 Å². The first kappa shape index (κ1) is 22.0. The number of carbonyl (C=O) groups excluding carboxylic acids is 2. The minimum absolute atomic E-state index is 0.158. The quantitative estimate of drug-likeness (QED) is 0.441. The Bertz CT molecular complexity index is 1240. The standard InChI is InChI=1S/C25H25N5O3/c1-16(2)21-13-22(33-29-21)24(31)26-14-17-9-11-18(12-10-17)23-20(15-27-28-23)25(32)30(3)19-7-5-4-6-8-19/h4-13,15-16H,14H2,1-3H3,(H,26,31)(H,27,28). The van der Waals surface area contributed by atoms with Gasteiger partial charge in [0.2, 0.25) is 5.76 Å². The van der Waals surface area contributed by atoms with Crippen molar-refractivity contribution >= 4 is 17.5 Å². The van der Waals surface area contributed by atoms with E-state index in [2.05, 4.69) is 20.7 Å². The van der Waals surface area contributed by atoms with Crippen LogP contribution in [0.15, 0.2) is 71.4 Å². The lowest BCUT2D eigenvalue weighted by Gasteiger charge is -2.17. The smallest absolute Gasteiger partial charge is 0.290 e. The van der Waals surface area contributed by atoms with Gasteiger partial charge in [0.15, 0.2) is 0 Å². The summed E-state index contributed by atoms with van der Waals surface area (Å²) in [7, 11) is 1.74. The second-order valence-corrected chi connectivity index (χ2v) is 8.01. The molecule has 8 heteroatoms. The highest BCUT2D eigenvalue weighted by atomic mass is 16.5. The normalized spacial score (nSPS) is 10.9. The molecule has 0 saturated heterocycles.